The number of hydrogen-bond donors (Lipinski definition) is 1. The second-order valence-corrected chi connectivity index (χ2v) is 5.88. The lowest BCUT2D eigenvalue weighted by atomic mass is 9.89. The second-order valence-electron chi connectivity index (χ2n) is 4.46. The van der Waals surface area contributed by atoms with Gasteiger partial charge in [-0.25, -0.2) is 4.79 Å². The van der Waals surface area contributed by atoms with Gasteiger partial charge >= 0.3 is 5.97 Å². The van der Waals surface area contributed by atoms with E-state index >= 15 is 0 Å². The zero-order valence-electron chi connectivity index (χ0n) is 9.31. The predicted molar refractivity (Wildman–Crippen MR) is 68.4 cm³/mol. The fraction of sp³-hybridized carbons (Fsp3) is 0.583. The Labute approximate surface area is 105 Å². The van der Waals surface area contributed by atoms with Crippen molar-refractivity contribution in [3.8, 4) is 0 Å². The van der Waals surface area contributed by atoms with Gasteiger partial charge in [0.15, 0.2) is 0 Å². The van der Waals surface area contributed by atoms with Gasteiger partial charge in [0.05, 0.1) is 0 Å². The molecule has 2 rings (SSSR count). The summed E-state index contributed by atoms with van der Waals surface area (Å²) in [5.41, 5.74) is 0. The van der Waals surface area contributed by atoms with Crippen LogP contribution in [0.3, 0.4) is 0 Å². The first-order valence-corrected chi connectivity index (χ1v) is 6.96. The number of esters is 1. The molecule has 1 heterocycles. The fourth-order valence-corrected chi connectivity index (χ4v) is 3.02. The molecule has 0 aromatic carbocycles. The second kappa shape index (κ2) is 5.23. The Bertz CT molecular complexity index is 365. The van der Waals surface area contributed by atoms with Crippen LogP contribution in [0, 0.1) is 5.92 Å². The molecule has 1 aromatic heterocycles. The van der Waals surface area contributed by atoms with E-state index in [-0.39, 0.29) is 12.1 Å². The van der Waals surface area contributed by atoms with E-state index in [1.807, 2.05) is 5.38 Å². The Morgan fingerprint density at radius 2 is 2.12 bits per heavy atom. The molecule has 0 atom stereocenters. The third-order valence-electron chi connectivity index (χ3n) is 3.02. The SMILES string of the molecule is CC1CCC(OC(=O)c2cc(S)cs2)CC1. The molecule has 1 aromatic rings. The van der Waals surface area contributed by atoms with E-state index in [0.29, 0.717) is 4.88 Å². The van der Waals surface area contributed by atoms with Gasteiger partial charge in [0.1, 0.15) is 11.0 Å². The summed E-state index contributed by atoms with van der Waals surface area (Å²) in [4.78, 5) is 13.2. The summed E-state index contributed by atoms with van der Waals surface area (Å²) in [5.74, 6) is 0.589. The van der Waals surface area contributed by atoms with E-state index in [1.54, 1.807) is 6.07 Å². The predicted octanol–water partition coefficient (Wildman–Crippen LogP) is 3.77. The standard InChI is InChI=1S/C12H16O2S2/c1-8-2-4-9(5-3-8)14-12(13)11-6-10(15)7-16-11/h6-9,15H,2-5H2,1H3. The molecular weight excluding hydrogens is 240 g/mol. The summed E-state index contributed by atoms with van der Waals surface area (Å²) in [5, 5.41) is 1.85. The van der Waals surface area contributed by atoms with Crippen molar-refractivity contribution in [1.82, 2.24) is 0 Å². The van der Waals surface area contributed by atoms with Crippen molar-refractivity contribution in [2.45, 2.75) is 43.6 Å². The minimum absolute atomic E-state index is 0.120. The lowest BCUT2D eigenvalue weighted by Gasteiger charge is -2.25. The number of rotatable bonds is 2. The molecule has 0 saturated heterocycles. The van der Waals surface area contributed by atoms with Crippen molar-refractivity contribution < 1.29 is 9.53 Å². The van der Waals surface area contributed by atoms with Crippen LogP contribution in [0.25, 0.3) is 0 Å². The minimum Gasteiger partial charge on any atom is -0.458 e. The molecule has 0 bridgehead atoms. The van der Waals surface area contributed by atoms with E-state index in [1.165, 1.54) is 24.2 Å². The molecule has 0 unspecified atom stereocenters. The monoisotopic (exact) mass is 256 g/mol. The van der Waals surface area contributed by atoms with Gasteiger partial charge in [0.2, 0.25) is 0 Å². The first-order chi connectivity index (χ1) is 7.65. The molecule has 0 aliphatic heterocycles. The van der Waals surface area contributed by atoms with Crippen LogP contribution in [0.1, 0.15) is 42.3 Å². The zero-order valence-corrected chi connectivity index (χ0v) is 11.0. The molecule has 0 spiro atoms. The van der Waals surface area contributed by atoms with Gasteiger partial charge in [-0.15, -0.1) is 24.0 Å². The largest absolute Gasteiger partial charge is 0.458 e. The van der Waals surface area contributed by atoms with Crippen molar-refractivity contribution in [1.29, 1.82) is 0 Å². The highest BCUT2D eigenvalue weighted by Crippen LogP contribution is 2.27. The van der Waals surface area contributed by atoms with Crippen LogP contribution in [0.4, 0.5) is 0 Å². The van der Waals surface area contributed by atoms with Crippen LogP contribution in [0.15, 0.2) is 16.3 Å². The van der Waals surface area contributed by atoms with Crippen LogP contribution in [-0.4, -0.2) is 12.1 Å². The van der Waals surface area contributed by atoms with Crippen molar-refractivity contribution in [2.75, 3.05) is 0 Å². The zero-order chi connectivity index (χ0) is 11.5. The molecule has 0 N–H and O–H groups in total. The summed E-state index contributed by atoms with van der Waals surface area (Å²) in [6.45, 7) is 2.25. The average molecular weight is 256 g/mol. The number of thiol groups is 1. The molecule has 88 valence electrons. The van der Waals surface area contributed by atoms with Gasteiger partial charge in [0.25, 0.3) is 0 Å². The minimum atomic E-state index is -0.190. The maximum Gasteiger partial charge on any atom is 0.348 e. The molecule has 2 nitrogen and oxygen atoms in total. The van der Waals surface area contributed by atoms with Gasteiger partial charge in [-0.1, -0.05) is 6.92 Å². The van der Waals surface area contributed by atoms with Gasteiger partial charge in [-0.3, -0.25) is 0 Å². The molecule has 0 radical (unpaired) electrons. The third-order valence-corrected chi connectivity index (χ3v) is 4.37. The first-order valence-electron chi connectivity index (χ1n) is 5.63. The molecule has 4 heteroatoms. The lowest BCUT2D eigenvalue weighted by molar-refractivity contribution is 0.0179. The van der Waals surface area contributed by atoms with Crippen molar-refractivity contribution in [3.63, 3.8) is 0 Å². The van der Waals surface area contributed by atoms with Crippen molar-refractivity contribution in [3.05, 3.63) is 16.3 Å². The lowest BCUT2D eigenvalue weighted by Crippen LogP contribution is -2.23. The van der Waals surface area contributed by atoms with E-state index in [0.717, 1.165) is 23.7 Å². The average Bonchev–Trinajstić information content (AvgIpc) is 2.68. The molecule has 1 aliphatic carbocycles. The smallest absolute Gasteiger partial charge is 0.348 e. The van der Waals surface area contributed by atoms with Gasteiger partial charge in [-0.2, -0.15) is 0 Å². The number of carbonyl (C=O) groups excluding carboxylic acids is 1. The Kier molecular flexibility index (Phi) is 3.92. The summed E-state index contributed by atoms with van der Waals surface area (Å²) >= 11 is 5.58. The number of carbonyl (C=O) groups is 1. The molecule has 1 fully saturated rings. The van der Waals surface area contributed by atoms with Crippen LogP contribution in [0.2, 0.25) is 0 Å². The molecule has 16 heavy (non-hydrogen) atoms. The van der Waals surface area contributed by atoms with Crippen LogP contribution in [-0.2, 0) is 4.74 Å². The van der Waals surface area contributed by atoms with E-state index in [2.05, 4.69) is 19.6 Å². The van der Waals surface area contributed by atoms with Crippen molar-refractivity contribution >= 4 is 29.9 Å². The van der Waals surface area contributed by atoms with Gasteiger partial charge in [-0.05, 0) is 37.7 Å². The topological polar surface area (TPSA) is 26.3 Å². The number of ether oxygens (including phenoxy) is 1. The summed E-state index contributed by atoms with van der Waals surface area (Å²) < 4.78 is 5.48. The fourth-order valence-electron chi connectivity index (χ4n) is 1.99. The molecule has 0 amide bonds. The van der Waals surface area contributed by atoms with Crippen molar-refractivity contribution in [2.24, 2.45) is 5.92 Å². The molecule has 1 aliphatic rings. The number of thiophene rings is 1. The highest BCUT2D eigenvalue weighted by Gasteiger charge is 2.22. The normalized spacial score (nSPS) is 25.4. The summed E-state index contributed by atoms with van der Waals surface area (Å²) in [7, 11) is 0. The summed E-state index contributed by atoms with van der Waals surface area (Å²) in [6, 6.07) is 1.77. The van der Waals surface area contributed by atoms with Gasteiger partial charge in [0, 0.05) is 10.3 Å². The maximum absolute atomic E-state index is 11.8. The quantitative estimate of drug-likeness (QED) is 0.644. The maximum atomic E-state index is 11.8. The van der Waals surface area contributed by atoms with Gasteiger partial charge < -0.3 is 4.74 Å². The highest BCUT2D eigenvalue weighted by molar-refractivity contribution is 7.80. The van der Waals surface area contributed by atoms with E-state index < -0.39 is 0 Å². The Morgan fingerprint density at radius 3 is 2.69 bits per heavy atom. The third kappa shape index (κ3) is 3.01. The van der Waals surface area contributed by atoms with E-state index in [9.17, 15) is 4.79 Å². The number of hydrogen-bond acceptors (Lipinski definition) is 4. The first kappa shape index (κ1) is 12.0. The van der Waals surface area contributed by atoms with Crippen LogP contribution < -0.4 is 0 Å². The van der Waals surface area contributed by atoms with Crippen LogP contribution in [0.5, 0.6) is 0 Å². The van der Waals surface area contributed by atoms with E-state index in [4.69, 9.17) is 4.74 Å². The Balaban J connectivity index is 1.88. The molecule has 1 saturated carbocycles. The summed E-state index contributed by atoms with van der Waals surface area (Å²) in [6.07, 6.45) is 4.47. The highest BCUT2D eigenvalue weighted by atomic mass is 32.1. The Morgan fingerprint density at radius 1 is 1.44 bits per heavy atom. The van der Waals surface area contributed by atoms with Crippen LogP contribution >= 0.6 is 24.0 Å². The Hall–Kier alpha value is -0.480. The molecular formula is C12H16O2S2.